The Hall–Kier alpha value is -1.47. The third-order valence-electron chi connectivity index (χ3n) is 2.64. The molecule has 17 heavy (non-hydrogen) atoms. The lowest BCUT2D eigenvalue weighted by molar-refractivity contribution is 0.475. The first-order valence-electron chi connectivity index (χ1n) is 5.57. The molecule has 2 aromatic carbocycles. The van der Waals surface area contributed by atoms with Gasteiger partial charge in [-0.2, -0.15) is 0 Å². The minimum absolute atomic E-state index is 0.717. The molecule has 0 saturated heterocycles. The second-order valence-corrected chi connectivity index (χ2v) is 4.72. The van der Waals surface area contributed by atoms with Gasteiger partial charge >= 0.3 is 0 Å². The summed E-state index contributed by atoms with van der Waals surface area (Å²) in [6, 6.07) is 11.7. The molecule has 0 fully saturated rings. The number of halogens is 1. The van der Waals surface area contributed by atoms with Crippen LogP contribution in [-0.2, 0) is 0 Å². The number of rotatable bonds is 2. The average Bonchev–Trinajstić information content (AvgIpc) is 2.26. The third-order valence-corrected chi connectivity index (χ3v) is 2.89. The van der Waals surface area contributed by atoms with E-state index in [4.69, 9.17) is 16.3 Å². The van der Waals surface area contributed by atoms with Crippen molar-refractivity contribution in [3.8, 4) is 11.5 Å². The Kier molecular flexibility index (Phi) is 3.39. The Balaban J connectivity index is 2.33. The Morgan fingerprint density at radius 3 is 1.94 bits per heavy atom. The summed E-state index contributed by atoms with van der Waals surface area (Å²) in [7, 11) is 0. The predicted molar refractivity (Wildman–Crippen MR) is 72.2 cm³/mol. The molecule has 1 nitrogen and oxygen atoms in total. The van der Waals surface area contributed by atoms with Crippen molar-refractivity contribution in [1.29, 1.82) is 0 Å². The van der Waals surface area contributed by atoms with Crippen molar-refractivity contribution in [3.05, 3.63) is 58.1 Å². The van der Waals surface area contributed by atoms with Crippen molar-refractivity contribution < 1.29 is 4.74 Å². The molecule has 0 unspecified atom stereocenters. The fourth-order valence-corrected chi connectivity index (χ4v) is 2.07. The van der Waals surface area contributed by atoms with E-state index in [0.717, 1.165) is 27.6 Å². The van der Waals surface area contributed by atoms with Gasteiger partial charge in [-0.25, -0.2) is 0 Å². The zero-order valence-electron chi connectivity index (χ0n) is 10.3. The molecule has 0 aromatic heterocycles. The van der Waals surface area contributed by atoms with E-state index in [1.807, 2.05) is 24.3 Å². The fraction of sp³-hybridized carbons (Fsp3) is 0.200. The average molecular weight is 247 g/mol. The molecule has 0 atom stereocenters. The normalized spacial score (nSPS) is 10.4. The smallest absolute Gasteiger partial charge is 0.133 e. The molecule has 0 heterocycles. The molecule has 0 N–H and O–H groups in total. The molecule has 0 spiro atoms. The maximum Gasteiger partial charge on any atom is 0.133 e. The van der Waals surface area contributed by atoms with E-state index in [2.05, 4.69) is 32.9 Å². The molecular weight excluding hydrogens is 232 g/mol. The van der Waals surface area contributed by atoms with Gasteiger partial charge in [-0.05, 0) is 56.2 Å². The van der Waals surface area contributed by atoms with Gasteiger partial charge in [0.1, 0.15) is 11.5 Å². The Morgan fingerprint density at radius 2 is 1.41 bits per heavy atom. The number of aryl methyl sites for hydroxylation is 3. The zero-order valence-corrected chi connectivity index (χ0v) is 11.0. The largest absolute Gasteiger partial charge is 0.457 e. The van der Waals surface area contributed by atoms with Crippen LogP contribution in [0.2, 0.25) is 5.02 Å². The van der Waals surface area contributed by atoms with Crippen molar-refractivity contribution in [2.45, 2.75) is 20.8 Å². The first-order valence-corrected chi connectivity index (χ1v) is 5.95. The molecule has 0 saturated carbocycles. The standard InChI is InChI=1S/C15H15ClO/c1-10-8-11(2)15(12(3)9-10)17-14-6-4-13(16)5-7-14/h4-9H,1-3H3. The minimum Gasteiger partial charge on any atom is -0.457 e. The lowest BCUT2D eigenvalue weighted by Crippen LogP contribution is -1.92. The second-order valence-electron chi connectivity index (χ2n) is 4.28. The summed E-state index contributed by atoms with van der Waals surface area (Å²) in [4.78, 5) is 0. The highest BCUT2D eigenvalue weighted by Crippen LogP contribution is 2.30. The first-order chi connectivity index (χ1) is 8.06. The first kappa shape index (κ1) is 12.0. The van der Waals surface area contributed by atoms with E-state index in [9.17, 15) is 0 Å². The SMILES string of the molecule is Cc1cc(C)c(Oc2ccc(Cl)cc2)c(C)c1. The highest BCUT2D eigenvalue weighted by atomic mass is 35.5. The van der Waals surface area contributed by atoms with Crippen LogP contribution in [0, 0.1) is 20.8 Å². The number of hydrogen-bond acceptors (Lipinski definition) is 1. The van der Waals surface area contributed by atoms with E-state index in [0.29, 0.717) is 0 Å². The van der Waals surface area contributed by atoms with Crippen LogP contribution < -0.4 is 4.74 Å². The molecule has 2 aromatic rings. The second kappa shape index (κ2) is 4.80. The minimum atomic E-state index is 0.717. The van der Waals surface area contributed by atoms with Crippen LogP contribution in [-0.4, -0.2) is 0 Å². The molecule has 2 heteroatoms. The third kappa shape index (κ3) is 2.80. The summed E-state index contributed by atoms with van der Waals surface area (Å²) >= 11 is 5.84. The van der Waals surface area contributed by atoms with E-state index in [1.165, 1.54) is 5.56 Å². The summed E-state index contributed by atoms with van der Waals surface area (Å²) in [5.41, 5.74) is 3.55. The summed E-state index contributed by atoms with van der Waals surface area (Å²) in [6.45, 7) is 6.21. The van der Waals surface area contributed by atoms with Gasteiger partial charge in [0, 0.05) is 5.02 Å². The van der Waals surface area contributed by atoms with Crippen LogP contribution in [0.1, 0.15) is 16.7 Å². The van der Waals surface area contributed by atoms with Gasteiger partial charge in [0.15, 0.2) is 0 Å². The Morgan fingerprint density at radius 1 is 0.882 bits per heavy atom. The topological polar surface area (TPSA) is 9.23 Å². The van der Waals surface area contributed by atoms with Crippen LogP contribution in [0.3, 0.4) is 0 Å². The maximum absolute atomic E-state index is 5.89. The maximum atomic E-state index is 5.89. The molecule has 0 radical (unpaired) electrons. The molecule has 0 aliphatic heterocycles. The van der Waals surface area contributed by atoms with Gasteiger partial charge < -0.3 is 4.74 Å². The molecule has 88 valence electrons. The molecule has 0 bridgehead atoms. The van der Waals surface area contributed by atoms with Gasteiger partial charge in [-0.3, -0.25) is 0 Å². The lowest BCUT2D eigenvalue weighted by Gasteiger charge is -2.12. The molecule has 2 rings (SSSR count). The van der Waals surface area contributed by atoms with Crippen LogP contribution in [0.5, 0.6) is 11.5 Å². The van der Waals surface area contributed by atoms with Crippen molar-refractivity contribution in [2.75, 3.05) is 0 Å². The van der Waals surface area contributed by atoms with Gasteiger partial charge in [0.25, 0.3) is 0 Å². The lowest BCUT2D eigenvalue weighted by atomic mass is 10.1. The predicted octanol–water partition coefficient (Wildman–Crippen LogP) is 5.06. The van der Waals surface area contributed by atoms with Crippen molar-refractivity contribution >= 4 is 11.6 Å². The molecule has 0 aliphatic rings. The summed E-state index contributed by atoms with van der Waals surface area (Å²) < 4.78 is 5.89. The summed E-state index contributed by atoms with van der Waals surface area (Å²) in [5.74, 6) is 1.74. The number of hydrogen-bond donors (Lipinski definition) is 0. The van der Waals surface area contributed by atoms with Crippen LogP contribution in [0.15, 0.2) is 36.4 Å². The van der Waals surface area contributed by atoms with E-state index < -0.39 is 0 Å². The van der Waals surface area contributed by atoms with E-state index in [-0.39, 0.29) is 0 Å². The summed E-state index contributed by atoms with van der Waals surface area (Å²) in [6.07, 6.45) is 0. The van der Waals surface area contributed by atoms with Crippen LogP contribution in [0.25, 0.3) is 0 Å². The number of benzene rings is 2. The molecule has 0 aliphatic carbocycles. The summed E-state index contributed by atoms with van der Waals surface area (Å²) in [5, 5.41) is 0.717. The van der Waals surface area contributed by atoms with Gasteiger partial charge in [0.2, 0.25) is 0 Å². The van der Waals surface area contributed by atoms with Crippen molar-refractivity contribution in [3.63, 3.8) is 0 Å². The zero-order chi connectivity index (χ0) is 12.4. The number of ether oxygens (including phenoxy) is 1. The highest BCUT2D eigenvalue weighted by molar-refractivity contribution is 6.30. The molecular formula is C15H15ClO. The van der Waals surface area contributed by atoms with Gasteiger partial charge in [-0.1, -0.05) is 29.3 Å². The fourth-order valence-electron chi connectivity index (χ4n) is 1.95. The monoisotopic (exact) mass is 246 g/mol. The van der Waals surface area contributed by atoms with Gasteiger partial charge in [-0.15, -0.1) is 0 Å². The quantitative estimate of drug-likeness (QED) is 0.720. The van der Waals surface area contributed by atoms with Crippen molar-refractivity contribution in [2.24, 2.45) is 0 Å². The Labute approximate surface area is 107 Å². The van der Waals surface area contributed by atoms with Gasteiger partial charge in [0.05, 0.1) is 0 Å². The van der Waals surface area contributed by atoms with E-state index >= 15 is 0 Å². The highest BCUT2D eigenvalue weighted by Gasteiger charge is 2.06. The molecule has 0 amide bonds. The Bertz CT molecular complexity index is 506. The van der Waals surface area contributed by atoms with Crippen LogP contribution in [0.4, 0.5) is 0 Å². The van der Waals surface area contributed by atoms with Crippen LogP contribution >= 0.6 is 11.6 Å². The van der Waals surface area contributed by atoms with Crippen molar-refractivity contribution in [1.82, 2.24) is 0 Å². The van der Waals surface area contributed by atoms with E-state index in [1.54, 1.807) is 0 Å².